The molecule has 0 nitrogen and oxygen atoms in total. The zero-order valence-corrected chi connectivity index (χ0v) is 12.3. The molecule has 4 heteroatoms. The maximum Gasteiger partial charge on any atom is 0.446 e. The second-order valence-corrected chi connectivity index (χ2v) is 6.27. The Bertz CT molecular complexity index is 499. The molecule has 0 fully saturated rings. The predicted octanol–water partition coefficient (Wildman–Crippen LogP) is 5.36. The first kappa shape index (κ1) is 16.0. The van der Waals surface area contributed by atoms with Gasteiger partial charge in [-0.05, 0) is 34.9 Å². The van der Waals surface area contributed by atoms with Crippen molar-refractivity contribution in [1.29, 1.82) is 0 Å². The Morgan fingerprint density at radius 3 is 2.26 bits per heavy atom. The van der Waals surface area contributed by atoms with Crippen LogP contribution >= 0.6 is 11.8 Å². The van der Waals surface area contributed by atoms with Crippen LogP contribution in [0.4, 0.5) is 13.2 Å². The Kier molecular flexibility index (Phi) is 4.98. The molecule has 1 aromatic rings. The molecule has 0 spiro atoms. The van der Waals surface area contributed by atoms with Crippen LogP contribution < -0.4 is 0 Å². The van der Waals surface area contributed by atoms with Gasteiger partial charge in [-0.15, -0.1) is 0 Å². The van der Waals surface area contributed by atoms with Crippen LogP contribution in [0.3, 0.4) is 0 Å². The fourth-order valence-corrected chi connectivity index (χ4v) is 2.15. The van der Waals surface area contributed by atoms with E-state index in [1.54, 1.807) is 12.1 Å². The molecule has 0 aliphatic rings. The van der Waals surface area contributed by atoms with Crippen molar-refractivity contribution in [1.82, 2.24) is 0 Å². The van der Waals surface area contributed by atoms with Gasteiger partial charge in [-0.1, -0.05) is 45.6 Å². The molecule has 0 N–H and O–H groups in total. The fourth-order valence-electron chi connectivity index (χ4n) is 1.48. The molecule has 19 heavy (non-hydrogen) atoms. The topological polar surface area (TPSA) is 0 Å². The Morgan fingerprint density at radius 2 is 1.79 bits per heavy atom. The molecule has 0 amide bonds. The van der Waals surface area contributed by atoms with Crippen LogP contribution in [-0.2, 0) is 5.41 Å². The van der Waals surface area contributed by atoms with Crippen LogP contribution in [0, 0.1) is 11.8 Å². The average molecular weight is 286 g/mol. The van der Waals surface area contributed by atoms with E-state index in [0.29, 0.717) is 12.0 Å². The number of rotatable bonds is 1. The third kappa shape index (κ3) is 5.20. The van der Waals surface area contributed by atoms with Crippen molar-refractivity contribution in [2.45, 2.75) is 49.9 Å². The van der Waals surface area contributed by atoms with E-state index in [4.69, 9.17) is 0 Å². The highest BCUT2D eigenvalue weighted by Crippen LogP contribution is 2.40. The van der Waals surface area contributed by atoms with Crippen LogP contribution in [0.5, 0.6) is 0 Å². The van der Waals surface area contributed by atoms with Crippen molar-refractivity contribution in [3.63, 3.8) is 0 Å². The molecule has 0 radical (unpaired) electrons. The summed E-state index contributed by atoms with van der Waals surface area (Å²) in [7, 11) is 0. The molecule has 0 aliphatic carbocycles. The number of hydrogen-bond donors (Lipinski definition) is 0. The molecule has 0 saturated heterocycles. The summed E-state index contributed by atoms with van der Waals surface area (Å²) < 4.78 is 37.8. The van der Waals surface area contributed by atoms with Crippen LogP contribution in [0.15, 0.2) is 23.1 Å². The molecule has 0 heterocycles. The monoisotopic (exact) mass is 286 g/mol. The summed E-state index contributed by atoms with van der Waals surface area (Å²) in [6, 6.07) is 5.12. The standard InChI is InChI=1S/C15H17F3S/c1-5-6-7-11-8-9-12(14(2,3)4)10-13(11)19-15(16,17)18/h8-10H,5H2,1-4H3. The van der Waals surface area contributed by atoms with Crippen LogP contribution in [0.1, 0.15) is 45.2 Å². The molecule has 0 unspecified atom stereocenters. The van der Waals surface area contributed by atoms with E-state index in [2.05, 4.69) is 11.8 Å². The van der Waals surface area contributed by atoms with E-state index < -0.39 is 5.51 Å². The quantitative estimate of drug-likeness (QED) is 0.495. The zero-order valence-electron chi connectivity index (χ0n) is 11.5. The summed E-state index contributed by atoms with van der Waals surface area (Å²) in [4.78, 5) is 0.181. The molecular weight excluding hydrogens is 269 g/mol. The molecular formula is C15H17F3S. The lowest BCUT2D eigenvalue weighted by atomic mass is 9.87. The predicted molar refractivity (Wildman–Crippen MR) is 74.2 cm³/mol. The summed E-state index contributed by atoms with van der Waals surface area (Å²) in [5, 5.41) is 0. The number of alkyl halides is 3. The van der Waals surface area contributed by atoms with Gasteiger partial charge >= 0.3 is 5.51 Å². The third-order valence-electron chi connectivity index (χ3n) is 2.47. The van der Waals surface area contributed by atoms with Gasteiger partial charge in [-0.2, -0.15) is 13.2 Å². The maximum absolute atomic E-state index is 12.6. The van der Waals surface area contributed by atoms with Crippen molar-refractivity contribution in [2.24, 2.45) is 0 Å². The van der Waals surface area contributed by atoms with Crippen molar-refractivity contribution in [3.05, 3.63) is 29.3 Å². The Morgan fingerprint density at radius 1 is 1.16 bits per heavy atom. The maximum atomic E-state index is 12.6. The minimum atomic E-state index is -4.29. The summed E-state index contributed by atoms with van der Waals surface area (Å²) >= 11 is -0.0944. The highest BCUT2D eigenvalue weighted by Gasteiger charge is 2.31. The van der Waals surface area contributed by atoms with Gasteiger partial charge < -0.3 is 0 Å². The Hall–Kier alpha value is -1.08. The van der Waals surface area contributed by atoms with Crippen LogP contribution in [-0.4, -0.2) is 5.51 Å². The van der Waals surface area contributed by atoms with Crippen molar-refractivity contribution < 1.29 is 13.2 Å². The number of hydrogen-bond acceptors (Lipinski definition) is 1. The largest absolute Gasteiger partial charge is 0.446 e. The Balaban J connectivity index is 3.26. The van der Waals surface area contributed by atoms with E-state index in [-0.39, 0.29) is 22.1 Å². The fraction of sp³-hybridized carbons (Fsp3) is 0.467. The minimum absolute atomic E-state index is 0.0944. The summed E-state index contributed by atoms with van der Waals surface area (Å²) in [6.45, 7) is 7.79. The van der Waals surface area contributed by atoms with Gasteiger partial charge in [0.2, 0.25) is 0 Å². The van der Waals surface area contributed by atoms with E-state index in [9.17, 15) is 13.2 Å². The van der Waals surface area contributed by atoms with Gasteiger partial charge in [0, 0.05) is 16.9 Å². The molecule has 0 atom stereocenters. The van der Waals surface area contributed by atoms with Crippen molar-refractivity contribution in [2.75, 3.05) is 0 Å². The van der Waals surface area contributed by atoms with E-state index >= 15 is 0 Å². The lowest BCUT2D eigenvalue weighted by molar-refractivity contribution is -0.0328. The highest BCUT2D eigenvalue weighted by atomic mass is 32.2. The van der Waals surface area contributed by atoms with Gasteiger partial charge in [0.05, 0.1) is 0 Å². The Labute approximate surface area is 116 Å². The molecule has 0 bridgehead atoms. The van der Waals surface area contributed by atoms with Gasteiger partial charge in [-0.25, -0.2) is 0 Å². The molecule has 104 valence electrons. The number of halogens is 3. The lowest BCUT2D eigenvalue weighted by Crippen LogP contribution is -2.11. The van der Waals surface area contributed by atoms with Gasteiger partial charge in [0.1, 0.15) is 0 Å². The first-order chi connectivity index (χ1) is 8.63. The van der Waals surface area contributed by atoms with E-state index in [1.807, 2.05) is 33.8 Å². The summed E-state index contributed by atoms with van der Waals surface area (Å²) in [5.41, 5.74) is -3.16. The SMILES string of the molecule is CCC#Cc1ccc(C(C)(C)C)cc1SC(F)(F)F. The average Bonchev–Trinajstić information content (AvgIpc) is 2.24. The smallest absolute Gasteiger partial charge is 0.160 e. The number of benzene rings is 1. The second kappa shape index (κ2) is 5.92. The van der Waals surface area contributed by atoms with Crippen molar-refractivity contribution >= 4 is 11.8 Å². The van der Waals surface area contributed by atoms with Gasteiger partial charge in [0.15, 0.2) is 0 Å². The molecule has 0 aromatic heterocycles. The number of thioether (sulfide) groups is 1. The van der Waals surface area contributed by atoms with Gasteiger partial charge in [-0.3, -0.25) is 0 Å². The minimum Gasteiger partial charge on any atom is -0.160 e. The molecule has 0 aliphatic heterocycles. The lowest BCUT2D eigenvalue weighted by Gasteiger charge is -2.20. The summed E-state index contributed by atoms with van der Waals surface area (Å²) in [6.07, 6.45) is 0.622. The van der Waals surface area contributed by atoms with E-state index in [0.717, 1.165) is 5.56 Å². The van der Waals surface area contributed by atoms with E-state index in [1.165, 1.54) is 0 Å². The normalized spacial score (nSPS) is 11.9. The molecule has 1 aromatic carbocycles. The second-order valence-electron chi connectivity index (χ2n) is 5.16. The van der Waals surface area contributed by atoms with Crippen LogP contribution in [0.25, 0.3) is 0 Å². The zero-order chi connectivity index (χ0) is 14.7. The van der Waals surface area contributed by atoms with Crippen LogP contribution in [0.2, 0.25) is 0 Å². The van der Waals surface area contributed by atoms with Crippen molar-refractivity contribution in [3.8, 4) is 11.8 Å². The first-order valence-corrected chi connectivity index (χ1v) is 6.84. The first-order valence-electron chi connectivity index (χ1n) is 6.02. The summed E-state index contributed by atoms with van der Waals surface area (Å²) in [5.74, 6) is 5.61. The molecule has 1 rings (SSSR count). The highest BCUT2D eigenvalue weighted by molar-refractivity contribution is 8.00. The molecule has 0 saturated carbocycles. The third-order valence-corrected chi connectivity index (χ3v) is 3.26. The van der Waals surface area contributed by atoms with Gasteiger partial charge in [0.25, 0.3) is 0 Å².